The summed E-state index contributed by atoms with van der Waals surface area (Å²) in [5, 5.41) is 4.83. The number of allylic oxidation sites excluding steroid dienone is 1. The molecule has 1 aliphatic rings. The maximum absolute atomic E-state index is 12.4. The van der Waals surface area contributed by atoms with Crippen LogP contribution < -0.4 is 5.14 Å². The Hall–Kier alpha value is -1.02. The topological polar surface area (TPSA) is 63.4 Å². The van der Waals surface area contributed by atoms with E-state index in [0.717, 1.165) is 18.0 Å². The second kappa shape index (κ2) is 4.10. The molecule has 0 bridgehead atoms. The zero-order valence-corrected chi connectivity index (χ0v) is 9.22. The number of primary sulfonamides is 1. The summed E-state index contributed by atoms with van der Waals surface area (Å²) in [5.41, 5.74) is 0. The van der Waals surface area contributed by atoms with Crippen molar-refractivity contribution in [1.29, 1.82) is 0 Å². The van der Waals surface area contributed by atoms with Crippen molar-refractivity contribution < 1.29 is 21.6 Å². The number of nitrogens with two attached hydrogens (primary N) is 1. The molecule has 1 rings (SSSR count). The number of hydrogen-bond acceptors (Lipinski definition) is 3. The predicted octanol–water partition coefficient (Wildman–Crippen LogP) is 0.939. The van der Waals surface area contributed by atoms with E-state index in [0.29, 0.717) is 0 Å². The summed E-state index contributed by atoms with van der Waals surface area (Å²) in [4.78, 5) is 0.551. The first-order valence-electron chi connectivity index (χ1n) is 4.36. The highest BCUT2D eigenvalue weighted by molar-refractivity contribution is 7.93. The van der Waals surface area contributed by atoms with E-state index in [-0.39, 0.29) is 11.4 Å². The molecule has 0 saturated heterocycles. The lowest BCUT2D eigenvalue weighted by Gasteiger charge is -2.30. The molecule has 1 atom stereocenters. The molecule has 0 aromatic carbocycles. The zero-order valence-electron chi connectivity index (χ0n) is 8.40. The lowest BCUT2D eigenvalue weighted by Crippen LogP contribution is -2.41. The second-order valence-electron chi connectivity index (χ2n) is 3.39. The lowest BCUT2D eigenvalue weighted by molar-refractivity contribution is -0.170. The summed E-state index contributed by atoms with van der Waals surface area (Å²) in [6, 6.07) is -1.76. The van der Waals surface area contributed by atoms with Crippen LogP contribution in [0.2, 0.25) is 0 Å². The lowest BCUT2D eigenvalue weighted by atomic mass is 10.2. The number of alkyl halides is 3. The molecule has 0 spiro atoms. The first-order valence-corrected chi connectivity index (χ1v) is 5.90. The van der Waals surface area contributed by atoms with Crippen LogP contribution in [-0.2, 0) is 10.0 Å². The average molecular weight is 256 g/mol. The average Bonchev–Trinajstić information content (AvgIpc) is 2.14. The highest BCUT2D eigenvalue weighted by Gasteiger charge is 2.39. The molecule has 1 aliphatic heterocycles. The molecular formula is C8H11F3N2O2S. The van der Waals surface area contributed by atoms with E-state index < -0.39 is 22.2 Å². The molecule has 0 radical (unpaired) electrons. The first-order chi connectivity index (χ1) is 7.12. The Balaban J connectivity index is 2.96. The van der Waals surface area contributed by atoms with Gasteiger partial charge in [-0.2, -0.15) is 13.2 Å². The second-order valence-corrected chi connectivity index (χ2v) is 4.95. The molecule has 0 saturated carbocycles. The van der Waals surface area contributed by atoms with Crippen molar-refractivity contribution in [2.75, 3.05) is 6.54 Å². The fraction of sp³-hybridized carbons (Fsp3) is 0.500. The Kier molecular flexibility index (Phi) is 3.34. The van der Waals surface area contributed by atoms with E-state index in [2.05, 4.69) is 0 Å². The van der Waals surface area contributed by atoms with Crippen molar-refractivity contribution >= 4 is 10.0 Å². The van der Waals surface area contributed by atoms with Crippen molar-refractivity contribution in [3.63, 3.8) is 0 Å². The van der Waals surface area contributed by atoms with Crippen molar-refractivity contribution in [3.8, 4) is 0 Å². The number of nitrogens with zero attached hydrogens (tertiary/aromatic N) is 1. The number of sulfonamides is 1. The maximum atomic E-state index is 12.4. The molecule has 16 heavy (non-hydrogen) atoms. The summed E-state index contributed by atoms with van der Waals surface area (Å²) in [7, 11) is -3.97. The van der Waals surface area contributed by atoms with Gasteiger partial charge in [-0.15, -0.1) is 0 Å². The zero-order chi connectivity index (χ0) is 12.6. The van der Waals surface area contributed by atoms with Gasteiger partial charge >= 0.3 is 6.18 Å². The van der Waals surface area contributed by atoms with Crippen LogP contribution in [-0.4, -0.2) is 32.1 Å². The van der Waals surface area contributed by atoms with Crippen LogP contribution >= 0.6 is 0 Å². The molecule has 0 fully saturated rings. The van der Waals surface area contributed by atoms with E-state index in [1.54, 1.807) is 0 Å². The normalized spacial score (nSPS) is 19.6. The van der Waals surface area contributed by atoms with Gasteiger partial charge in [0.2, 0.25) is 10.0 Å². The van der Waals surface area contributed by atoms with Crippen LogP contribution in [0.5, 0.6) is 0 Å². The third-order valence-electron chi connectivity index (χ3n) is 2.19. The first kappa shape index (κ1) is 13.0. The fourth-order valence-corrected chi connectivity index (χ4v) is 1.74. The van der Waals surface area contributed by atoms with Gasteiger partial charge in [0, 0.05) is 12.7 Å². The summed E-state index contributed by atoms with van der Waals surface area (Å²) in [5.74, 6) is 0. The van der Waals surface area contributed by atoms with Crippen LogP contribution in [0.3, 0.4) is 0 Å². The van der Waals surface area contributed by atoms with Crippen LogP contribution in [0.1, 0.15) is 6.92 Å². The van der Waals surface area contributed by atoms with Gasteiger partial charge in [-0.1, -0.05) is 6.08 Å². The van der Waals surface area contributed by atoms with Gasteiger partial charge in [0.05, 0.1) is 4.91 Å². The molecule has 0 aromatic heterocycles. The molecular weight excluding hydrogens is 245 g/mol. The number of hydrogen-bond donors (Lipinski definition) is 1. The molecule has 8 heteroatoms. The summed E-state index contributed by atoms with van der Waals surface area (Å²) < 4.78 is 59.1. The molecule has 1 heterocycles. The Morgan fingerprint density at radius 2 is 2.06 bits per heavy atom. The van der Waals surface area contributed by atoms with Gasteiger partial charge in [0.1, 0.15) is 6.04 Å². The Bertz CT molecular complexity index is 425. The van der Waals surface area contributed by atoms with Gasteiger partial charge < -0.3 is 4.90 Å². The Labute approximate surface area is 91.3 Å². The smallest absolute Gasteiger partial charge is 0.361 e. The standard InChI is InChI=1S/C8H11F3N2O2S/c1-6(8(9,10)11)13-4-2-3-7(5-13)16(12,14)15/h2-3,5-6H,4H2,1H3,(H2,12,14,15). The summed E-state index contributed by atoms with van der Waals surface area (Å²) >= 11 is 0. The van der Waals surface area contributed by atoms with Gasteiger partial charge in [-0.05, 0) is 13.0 Å². The Morgan fingerprint density at radius 1 is 1.50 bits per heavy atom. The van der Waals surface area contributed by atoms with Crippen molar-refractivity contribution in [2.45, 2.75) is 19.1 Å². The Morgan fingerprint density at radius 3 is 2.50 bits per heavy atom. The van der Waals surface area contributed by atoms with E-state index in [4.69, 9.17) is 5.14 Å². The minimum absolute atomic E-state index is 0.000301. The highest BCUT2D eigenvalue weighted by Crippen LogP contribution is 2.26. The van der Waals surface area contributed by atoms with Crippen LogP contribution in [0.25, 0.3) is 0 Å². The fourth-order valence-electron chi connectivity index (χ4n) is 1.18. The quantitative estimate of drug-likeness (QED) is 0.799. The minimum Gasteiger partial charge on any atom is -0.361 e. The van der Waals surface area contributed by atoms with E-state index in [9.17, 15) is 21.6 Å². The SMILES string of the molecule is CC(N1C=C(S(N)(=O)=O)C=CC1)C(F)(F)F. The summed E-state index contributed by atoms with van der Waals surface area (Å²) in [6.45, 7) is 0.954. The predicted molar refractivity (Wildman–Crippen MR) is 52.6 cm³/mol. The van der Waals surface area contributed by atoms with E-state index >= 15 is 0 Å². The van der Waals surface area contributed by atoms with Crippen LogP contribution in [0.15, 0.2) is 23.3 Å². The summed E-state index contributed by atoms with van der Waals surface area (Å²) in [6.07, 6.45) is -0.991. The molecule has 0 aromatic rings. The van der Waals surface area contributed by atoms with Crippen molar-refractivity contribution in [2.24, 2.45) is 5.14 Å². The monoisotopic (exact) mass is 256 g/mol. The van der Waals surface area contributed by atoms with Gasteiger partial charge in [-0.3, -0.25) is 0 Å². The van der Waals surface area contributed by atoms with E-state index in [1.165, 1.54) is 12.2 Å². The highest BCUT2D eigenvalue weighted by atomic mass is 32.2. The van der Waals surface area contributed by atoms with E-state index in [1.807, 2.05) is 0 Å². The largest absolute Gasteiger partial charge is 0.408 e. The molecule has 1 unspecified atom stereocenters. The third kappa shape index (κ3) is 2.99. The molecule has 0 aliphatic carbocycles. The van der Waals surface area contributed by atoms with Crippen molar-refractivity contribution in [1.82, 2.24) is 4.90 Å². The molecule has 2 N–H and O–H groups in total. The van der Waals surface area contributed by atoms with Crippen LogP contribution in [0, 0.1) is 0 Å². The molecule has 4 nitrogen and oxygen atoms in total. The maximum Gasteiger partial charge on any atom is 0.408 e. The van der Waals surface area contributed by atoms with Crippen molar-refractivity contribution in [3.05, 3.63) is 23.3 Å². The van der Waals surface area contributed by atoms with Gasteiger partial charge in [-0.25, -0.2) is 13.6 Å². The third-order valence-corrected chi connectivity index (χ3v) is 3.09. The van der Waals surface area contributed by atoms with Crippen LogP contribution in [0.4, 0.5) is 13.2 Å². The van der Waals surface area contributed by atoms with Gasteiger partial charge in [0.15, 0.2) is 0 Å². The van der Waals surface area contributed by atoms with Gasteiger partial charge in [0.25, 0.3) is 0 Å². The molecule has 92 valence electrons. The molecule has 0 amide bonds. The number of halogens is 3. The minimum atomic E-state index is -4.41. The number of rotatable bonds is 2.